The van der Waals surface area contributed by atoms with Crippen molar-refractivity contribution in [1.29, 1.82) is 0 Å². The van der Waals surface area contributed by atoms with Crippen LogP contribution in [0.2, 0.25) is 0 Å². The molecule has 0 N–H and O–H groups in total. The summed E-state index contributed by atoms with van der Waals surface area (Å²) in [6, 6.07) is 22.8. The predicted molar refractivity (Wildman–Crippen MR) is 102 cm³/mol. The minimum absolute atomic E-state index is 0.113. The monoisotopic (exact) mass is 419 g/mol. The Hall–Kier alpha value is -2.38. The number of hydrogen-bond donors (Lipinski definition) is 0. The molecule has 3 aromatic carbocycles. The van der Waals surface area contributed by atoms with Crippen LogP contribution in [0.15, 0.2) is 97.3 Å². The summed E-state index contributed by atoms with van der Waals surface area (Å²) < 4.78 is 41.5. The van der Waals surface area contributed by atoms with Gasteiger partial charge in [-0.1, -0.05) is 42.1 Å². The van der Waals surface area contributed by atoms with Crippen molar-refractivity contribution in [2.75, 3.05) is 6.61 Å². The first kappa shape index (κ1) is 19.0. The van der Waals surface area contributed by atoms with Gasteiger partial charge in [0.05, 0.1) is 15.4 Å². The largest absolute Gasteiger partial charge is 0.452 e. The summed E-state index contributed by atoms with van der Waals surface area (Å²) in [6.45, 7) is -1.59. The number of hydrogen-bond acceptors (Lipinski definition) is 3. The zero-order chi connectivity index (χ0) is 19.7. The molecule has 0 bridgehead atoms. The van der Waals surface area contributed by atoms with Crippen molar-refractivity contribution < 1.29 is 22.7 Å². The van der Waals surface area contributed by atoms with Crippen LogP contribution in [0.5, 0.6) is 0 Å². The zero-order valence-corrected chi connectivity index (χ0v) is 16.0. The maximum atomic E-state index is 12.4. The van der Waals surface area contributed by atoms with Gasteiger partial charge in [-0.25, -0.2) is 4.79 Å². The Morgan fingerprint density at radius 2 is 1.50 bits per heavy atom. The fourth-order valence-electron chi connectivity index (χ4n) is 2.88. The number of carbonyl (C=O) groups excluding carboxylic acids is 1. The summed E-state index contributed by atoms with van der Waals surface area (Å²) in [6.07, 6.45) is -4.55. The lowest BCUT2D eigenvalue weighted by Crippen LogP contribution is -2.20. The SMILES string of the molecule is O=C(OCC(F)(F)F)c1cccc([S+]2c3ccccc3Sc3ccccc32)c1. The molecule has 28 heavy (non-hydrogen) atoms. The van der Waals surface area contributed by atoms with Crippen LogP contribution >= 0.6 is 11.8 Å². The summed E-state index contributed by atoms with van der Waals surface area (Å²) in [4.78, 5) is 17.5. The van der Waals surface area contributed by atoms with Gasteiger partial charge in [0.15, 0.2) is 21.3 Å². The highest BCUT2D eigenvalue weighted by atomic mass is 32.2. The van der Waals surface area contributed by atoms with Gasteiger partial charge in [-0.15, -0.1) is 0 Å². The van der Waals surface area contributed by atoms with Crippen molar-refractivity contribution >= 4 is 28.6 Å². The predicted octanol–water partition coefficient (Wildman–Crippen LogP) is 5.97. The van der Waals surface area contributed by atoms with Crippen molar-refractivity contribution in [3.63, 3.8) is 0 Å². The Morgan fingerprint density at radius 3 is 2.11 bits per heavy atom. The van der Waals surface area contributed by atoms with Crippen LogP contribution in [0.25, 0.3) is 0 Å². The summed E-state index contributed by atoms with van der Waals surface area (Å²) in [5, 5.41) is 0. The molecule has 0 radical (unpaired) electrons. The number of carbonyl (C=O) groups is 1. The highest BCUT2D eigenvalue weighted by molar-refractivity contribution is 8.04. The fourth-order valence-corrected chi connectivity index (χ4v) is 6.67. The molecule has 1 aliphatic heterocycles. The number of esters is 1. The molecule has 0 fully saturated rings. The second kappa shape index (κ2) is 7.56. The average molecular weight is 419 g/mol. The molecule has 4 rings (SSSR count). The Morgan fingerprint density at radius 1 is 0.893 bits per heavy atom. The van der Waals surface area contributed by atoms with Crippen LogP contribution in [0, 0.1) is 0 Å². The maximum Gasteiger partial charge on any atom is 0.422 e. The van der Waals surface area contributed by atoms with Crippen LogP contribution in [-0.4, -0.2) is 18.8 Å². The van der Waals surface area contributed by atoms with Crippen LogP contribution in [-0.2, 0) is 15.6 Å². The van der Waals surface area contributed by atoms with Gasteiger partial charge in [0, 0.05) is 6.07 Å². The molecule has 0 atom stereocenters. The normalized spacial score (nSPS) is 13.5. The second-order valence-electron chi connectivity index (χ2n) is 6.02. The van der Waals surface area contributed by atoms with E-state index in [0.717, 1.165) is 24.5 Å². The van der Waals surface area contributed by atoms with Crippen LogP contribution in [0.4, 0.5) is 13.2 Å². The first-order valence-corrected chi connectivity index (χ1v) is 10.4. The lowest BCUT2D eigenvalue weighted by molar-refractivity contribution is -0.161. The third kappa shape index (κ3) is 3.91. The van der Waals surface area contributed by atoms with E-state index in [1.54, 1.807) is 23.9 Å². The van der Waals surface area contributed by atoms with Gasteiger partial charge in [-0.2, -0.15) is 13.2 Å². The van der Waals surface area contributed by atoms with Gasteiger partial charge in [0.25, 0.3) is 0 Å². The van der Waals surface area contributed by atoms with E-state index < -0.39 is 29.6 Å². The molecule has 0 aliphatic carbocycles. The van der Waals surface area contributed by atoms with Crippen LogP contribution in [0.1, 0.15) is 10.4 Å². The fraction of sp³-hybridized carbons (Fsp3) is 0.0952. The number of rotatable bonds is 3. The van der Waals surface area contributed by atoms with E-state index in [9.17, 15) is 18.0 Å². The Balaban J connectivity index is 1.73. The van der Waals surface area contributed by atoms with Gasteiger partial charge < -0.3 is 4.74 Å². The van der Waals surface area contributed by atoms with E-state index in [0.29, 0.717) is 0 Å². The van der Waals surface area contributed by atoms with Crippen LogP contribution in [0.3, 0.4) is 0 Å². The number of fused-ring (bicyclic) bond motifs is 2. The molecule has 0 saturated carbocycles. The van der Waals surface area contributed by atoms with Gasteiger partial charge in [-0.3, -0.25) is 0 Å². The Labute approximate surface area is 167 Å². The second-order valence-corrected chi connectivity index (χ2v) is 9.07. The maximum absolute atomic E-state index is 12.4. The van der Waals surface area contributed by atoms with Crippen molar-refractivity contribution in [3.8, 4) is 0 Å². The molecule has 1 heterocycles. The van der Waals surface area contributed by atoms with E-state index in [-0.39, 0.29) is 5.56 Å². The zero-order valence-electron chi connectivity index (χ0n) is 14.4. The van der Waals surface area contributed by atoms with Crippen LogP contribution < -0.4 is 0 Å². The molecule has 0 saturated heterocycles. The number of benzene rings is 3. The lowest BCUT2D eigenvalue weighted by Gasteiger charge is -2.19. The number of ether oxygens (including phenoxy) is 1. The third-order valence-corrected chi connectivity index (χ3v) is 7.76. The molecule has 7 heteroatoms. The van der Waals surface area contributed by atoms with Gasteiger partial charge in [-0.05, 0) is 36.4 Å². The summed E-state index contributed by atoms with van der Waals surface area (Å²) in [7, 11) is -0.457. The number of alkyl halides is 3. The highest BCUT2D eigenvalue weighted by Crippen LogP contribution is 2.48. The first-order chi connectivity index (χ1) is 13.4. The molecule has 0 unspecified atom stereocenters. The van der Waals surface area contributed by atoms with E-state index in [1.807, 2.05) is 30.3 Å². The van der Waals surface area contributed by atoms with E-state index in [1.165, 1.54) is 6.07 Å². The van der Waals surface area contributed by atoms with Crippen molar-refractivity contribution in [1.82, 2.24) is 0 Å². The summed E-state index contributed by atoms with van der Waals surface area (Å²) in [5.41, 5.74) is 0.113. The average Bonchev–Trinajstić information content (AvgIpc) is 2.69. The van der Waals surface area contributed by atoms with Crippen molar-refractivity contribution in [2.45, 2.75) is 30.7 Å². The van der Waals surface area contributed by atoms with Crippen molar-refractivity contribution in [3.05, 3.63) is 78.4 Å². The molecule has 2 nitrogen and oxygen atoms in total. The Kier molecular flexibility index (Phi) is 5.12. The molecule has 1 aliphatic rings. The quantitative estimate of drug-likeness (QED) is 0.302. The molecule has 3 aromatic rings. The molecular weight excluding hydrogens is 405 g/mol. The van der Waals surface area contributed by atoms with Gasteiger partial charge in [0.1, 0.15) is 10.9 Å². The van der Waals surface area contributed by atoms with E-state index in [4.69, 9.17) is 0 Å². The molecular formula is C21H14F3O2S2+. The van der Waals surface area contributed by atoms with Gasteiger partial charge in [0.2, 0.25) is 0 Å². The Bertz CT molecular complexity index is 988. The van der Waals surface area contributed by atoms with E-state index in [2.05, 4.69) is 29.0 Å². The standard InChI is InChI=1S/C21H14F3O2S2/c22-21(23,24)13-26-20(25)14-6-5-7-15(12-14)28-18-10-3-1-8-16(18)27-17-9-2-4-11-19(17)28/h1-12H,13H2/q+1. The minimum Gasteiger partial charge on any atom is -0.452 e. The summed E-state index contributed by atoms with van der Waals surface area (Å²) in [5.74, 6) is -0.976. The topological polar surface area (TPSA) is 26.3 Å². The molecule has 0 amide bonds. The minimum atomic E-state index is -4.55. The first-order valence-electron chi connectivity index (χ1n) is 8.36. The third-order valence-electron chi connectivity index (χ3n) is 4.03. The molecule has 0 aromatic heterocycles. The number of halogens is 3. The highest BCUT2D eigenvalue weighted by Gasteiger charge is 2.38. The smallest absolute Gasteiger partial charge is 0.422 e. The van der Waals surface area contributed by atoms with Gasteiger partial charge >= 0.3 is 12.1 Å². The molecule has 142 valence electrons. The van der Waals surface area contributed by atoms with E-state index >= 15 is 0 Å². The lowest BCUT2D eigenvalue weighted by atomic mass is 10.2. The molecule has 0 spiro atoms. The van der Waals surface area contributed by atoms with Crippen molar-refractivity contribution in [2.24, 2.45) is 0 Å². The summed E-state index contributed by atoms with van der Waals surface area (Å²) >= 11 is 1.69.